The van der Waals surface area contributed by atoms with Crippen LogP contribution in [0.3, 0.4) is 0 Å². The van der Waals surface area contributed by atoms with Crippen LogP contribution in [0.15, 0.2) is 46.3 Å². The van der Waals surface area contributed by atoms with Crippen LogP contribution in [0.5, 0.6) is 5.75 Å². The fraction of sp³-hybridized carbons (Fsp3) is 0.267. The molecular formula is C15H16BrNO2S. The number of hydrogen-bond acceptors (Lipinski definition) is 3. The molecule has 3 nitrogen and oxygen atoms in total. The Morgan fingerprint density at radius 1 is 1.30 bits per heavy atom. The Morgan fingerprint density at radius 3 is 2.95 bits per heavy atom. The van der Waals surface area contributed by atoms with Crippen LogP contribution in [0.1, 0.15) is 11.3 Å². The predicted octanol–water partition coefficient (Wildman–Crippen LogP) is 3.64. The first-order valence-corrected chi connectivity index (χ1v) is 8.09. The number of carbonyl (C=O) groups excluding carboxylic acids is 1. The van der Waals surface area contributed by atoms with Crippen molar-refractivity contribution in [3.8, 4) is 5.75 Å². The van der Waals surface area contributed by atoms with E-state index in [0.29, 0.717) is 19.6 Å². The summed E-state index contributed by atoms with van der Waals surface area (Å²) in [5, 5.41) is 4.94. The van der Waals surface area contributed by atoms with Crippen molar-refractivity contribution in [3.05, 3.63) is 51.1 Å². The first-order valence-electron chi connectivity index (χ1n) is 6.41. The summed E-state index contributed by atoms with van der Waals surface area (Å²) in [7, 11) is 0. The molecule has 0 fully saturated rings. The molecule has 106 valence electrons. The van der Waals surface area contributed by atoms with Gasteiger partial charge in [-0.2, -0.15) is 0 Å². The van der Waals surface area contributed by atoms with Crippen molar-refractivity contribution in [3.63, 3.8) is 0 Å². The summed E-state index contributed by atoms with van der Waals surface area (Å²) in [6.07, 6.45) is 1.26. The average Bonchev–Trinajstić information content (AvgIpc) is 2.92. The number of halogens is 1. The summed E-state index contributed by atoms with van der Waals surface area (Å²) in [5.74, 6) is 0.794. The van der Waals surface area contributed by atoms with Crippen molar-refractivity contribution in [1.29, 1.82) is 0 Å². The molecule has 0 radical (unpaired) electrons. The van der Waals surface area contributed by atoms with Gasteiger partial charge in [-0.25, -0.2) is 0 Å². The van der Waals surface area contributed by atoms with Gasteiger partial charge in [-0.3, -0.25) is 4.79 Å². The number of benzene rings is 1. The highest BCUT2D eigenvalue weighted by molar-refractivity contribution is 9.10. The normalized spacial score (nSPS) is 10.2. The number of carbonyl (C=O) groups is 1. The Kier molecular flexibility index (Phi) is 6.08. The standard InChI is InChI=1S/C15H16BrNO2S/c16-12-3-1-4-13(11-12)19-9-7-15(18)17-8-6-14-5-2-10-20-14/h1-5,10-11H,6-9H2,(H,17,18). The van der Waals surface area contributed by atoms with Crippen molar-refractivity contribution in [1.82, 2.24) is 5.32 Å². The van der Waals surface area contributed by atoms with Gasteiger partial charge in [-0.05, 0) is 36.1 Å². The van der Waals surface area contributed by atoms with E-state index < -0.39 is 0 Å². The molecule has 1 amide bonds. The van der Waals surface area contributed by atoms with E-state index in [-0.39, 0.29) is 5.91 Å². The summed E-state index contributed by atoms with van der Waals surface area (Å²) >= 11 is 5.09. The van der Waals surface area contributed by atoms with Crippen molar-refractivity contribution in [2.24, 2.45) is 0 Å². The van der Waals surface area contributed by atoms with E-state index >= 15 is 0 Å². The average molecular weight is 354 g/mol. The Bertz CT molecular complexity index is 543. The molecule has 20 heavy (non-hydrogen) atoms. The van der Waals surface area contributed by atoms with E-state index in [2.05, 4.69) is 27.3 Å². The van der Waals surface area contributed by atoms with E-state index in [1.54, 1.807) is 11.3 Å². The van der Waals surface area contributed by atoms with Crippen LogP contribution in [0.2, 0.25) is 0 Å². The van der Waals surface area contributed by atoms with Gasteiger partial charge in [-0.1, -0.05) is 28.1 Å². The highest BCUT2D eigenvalue weighted by atomic mass is 79.9. The Labute approximate surface area is 131 Å². The van der Waals surface area contributed by atoms with E-state index in [1.807, 2.05) is 35.7 Å². The zero-order valence-corrected chi connectivity index (χ0v) is 13.4. The first kappa shape index (κ1) is 15.1. The maximum atomic E-state index is 11.6. The highest BCUT2D eigenvalue weighted by Crippen LogP contribution is 2.17. The molecule has 1 aromatic heterocycles. The van der Waals surface area contributed by atoms with Gasteiger partial charge in [0.15, 0.2) is 0 Å². The number of ether oxygens (including phenoxy) is 1. The fourth-order valence-electron chi connectivity index (χ4n) is 1.69. The van der Waals surface area contributed by atoms with Gasteiger partial charge in [0.05, 0.1) is 13.0 Å². The van der Waals surface area contributed by atoms with Gasteiger partial charge in [0, 0.05) is 15.9 Å². The number of rotatable bonds is 7. The minimum atomic E-state index is 0.0246. The van der Waals surface area contributed by atoms with Gasteiger partial charge in [0.1, 0.15) is 5.75 Å². The minimum absolute atomic E-state index is 0.0246. The summed E-state index contributed by atoms with van der Waals surface area (Å²) in [5.41, 5.74) is 0. The summed E-state index contributed by atoms with van der Waals surface area (Å²) in [4.78, 5) is 12.9. The lowest BCUT2D eigenvalue weighted by atomic mass is 10.3. The van der Waals surface area contributed by atoms with Gasteiger partial charge in [0.25, 0.3) is 0 Å². The van der Waals surface area contributed by atoms with Crippen molar-refractivity contribution in [2.75, 3.05) is 13.2 Å². The van der Waals surface area contributed by atoms with Crippen LogP contribution < -0.4 is 10.1 Å². The van der Waals surface area contributed by atoms with E-state index in [0.717, 1.165) is 16.6 Å². The lowest BCUT2D eigenvalue weighted by Gasteiger charge is -2.07. The topological polar surface area (TPSA) is 38.3 Å². The molecule has 1 N–H and O–H groups in total. The summed E-state index contributed by atoms with van der Waals surface area (Å²) in [6, 6.07) is 11.7. The van der Waals surface area contributed by atoms with Gasteiger partial charge >= 0.3 is 0 Å². The Hall–Kier alpha value is -1.33. The van der Waals surface area contributed by atoms with Crippen molar-refractivity contribution in [2.45, 2.75) is 12.8 Å². The quantitative estimate of drug-likeness (QED) is 0.825. The molecule has 2 aromatic rings. The van der Waals surface area contributed by atoms with Crippen LogP contribution in [0.25, 0.3) is 0 Å². The van der Waals surface area contributed by atoms with Crippen LogP contribution in [-0.2, 0) is 11.2 Å². The SMILES string of the molecule is O=C(CCOc1cccc(Br)c1)NCCc1cccs1. The molecule has 0 spiro atoms. The molecule has 0 aliphatic heterocycles. The molecule has 0 aliphatic carbocycles. The number of hydrogen-bond donors (Lipinski definition) is 1. The smallest absolute Gasteiger partial charge is 0.223 e. The van der Waals surface area contributed by atoms with Crippen LogP contribution in [0.4, 0.5) is 0 Å². The van der Waals surface area contributed by atoms with E-state index in [9.17, 15) is 4.79 Å². The van der Waals surface area contributed by atoms with E-state index in [4.69, 9.17) is 4.74 Å². The lowest BCUT2D eigenvalue weighted by Crippen LogP contribution is -2.26. The maximum Gasteiger partial charge on any atom is 0.223 e. The lowest BCUT2D eigenvalue weighted by molar-refractivity contribution is -0.121. The maximum absolute atomic E-state index is 11.6. The summed E-state index contributed by atoms with van der Waals surface area (Å²) < 4.78 is 6.49. The summed E-state index contributed by atoms with van der Waals surface area (Å²) in [6.45, 7) is 1.07. The predicted molar refractivity (Wildman–Crippen MR) is 85.3 cm³/mol. The minimum Gasteiger partial charge on any atom is -0.493 e. The van der Waals surface area contributed by atoms with Crippen LogP contribution in [-0.4, -0.2) is 19.1 Å². The monoisotopic (exact) mass is 353 g/mol. The molecule has 0 atom stereocenters. The zero-order valence-electron chi connectivity index (χ0n) is 11.0. The fourth-order valence-corrected chi connectivity index (χ4v) is 2.77. The van der Waals surface area contributed by atoms with Crippen molar-refractivity contribution < 1.29 is 9.53 Å². The molecule has 2 rings (SSSR count). The molecule has 1 aromatic carbocycles. The van der Waals surface area contributed by atoms with Gasteiger partial charge in [-0.15, -0.1) is 11.3 Å². The third kappa shape index (κ3) is 5.35. The van der Waals surface area contributed by atoms with Gasteiger partial charge < -0.3 is 10.1 Å². The molecule has 1 heterocycles. The van der Waals surface area contributed by atoms with Gasteiger partial charge in [0.2, 0.25) is 5.91 Å². The second-order valence-corrected chi connectivity index (χ2v) is 6.18. The largest absolute Gasteiger partial charge is 0.493 e. The molecule has 0 saturated carbocycles. The molecule has 0 saturated heterocycles. The third-order valence-corrected chi connectivity index (χ3v) is 4.10. The molecular weight excluding hydrogens is 338 g/mol. The Morgan fingerprint density at radius 2 is 2.20 bits per heavy atom. The Balaban J connectivity index is 1.60. The second-order valence-electron chi connectivity index (χ2n) is 4.24. The highest BCUT2D eigenvalue weighted by Gasteiger charge is 2.02. The number of nitrogens with one attached hydrogen (secondary N) is 1. The number of amides is 1. The molecule has 0 unspecified atom stereocenters. The second kappa shape index (κ2) is 8.07. The zero-order chi connectivity index (χ0) is 14.2. The van der Waals surface area contributed by atoms with Crippen LogP contribution >= 0.6 is 27.3 Å². The third-order valence-electron chi connectivity index (χ3n) is 2.67. The molecule has 0 bridgehead atoms. The number of thiophene rings is 1. The molecule has 5 heteroatoms. The van der Waals surface area contributed by atoms with Crippen molar-refractivity contribution >= 4 is 33.2 Å². The van der Waals surface area contributed by atoms with E-state index in [1.165, 1.54) is 4.88 Å². The first-order chi connectivity index (χ1) is 9.74. The van der Waals surface area contributed by atoms with Crippen LogP contribution in [0, 0.1) is 0 Å². The molecule has 0 aliphatic rings.